The van der Waals surface area contributed by atoms with Gasteiger partial charge in [0.15, 0.2) is 0 Å². The molecule has 0 unspecified atom stereocenters. The van der Waals surface area contributed by atoms with Crippen LogP contribution in [0.25, 0.3) is 0 Å². The molecule has 0 aromatic heterocycles. The van der Waals surface area contributed by atoms with E-state index in [0.29, 0.717) is 0 Å². The summed E-state index contributed by atoms with van der Waals surface area (Å²) in [5.74, 6) is 0. The second kappa shape index (κ2) is 7.60. The fourth-order valence-electron chi connectivity index (χ4n) is 2.38. The van der Waals surface area contributed by atoms with Crippen LogP contribution in [0.1, 0.15) is 48.4 Å². The number of halogens is 1. The Morgan fingerprint density at radius 1 is 0.955 bits per heavy atom. The molecule has 0 heterocycles. The van der Waals surface area contributed by atoms with Gasteiger partial charge in [0.2, 0.25) is 0 Å². The molecule has 116 valence electrons. The molecule has 0 radical (unpaired) electrons. The normalized spacial score (nSPS) is 11.8. The second-order valence-electron chi connectivity index (χ2n) is 5.89. The van der Waals surface area contributed by atoms with Crippen molar-refractivity contribution < 1.29 is 0 Å². The largest absolute Gasteiger partial charge is 0.253 e. The van der Waals surface area contributed by atoms with Gasteiger partial charge in [-0.3, -0.25) is 4.99 Å². The number of rotatable bonds is 5. The van der Waals surface area contributed by atoms with Crippen LogP contribution in [0.3, 0.4) is 0 Å². The minimum absolute atomic E-state index is 0.735. The van der Waals surface area contributed by atoms with Crippen molar-refractivity contribution in [3.05, 3.63) is 63.7 Å². The number of hydrogen-bond acceptors (Lipinski definition) is 1. The molecule has 1 nitrogen and oxygen atoms in total. The highest BCUT2D eigenvalue weighted by atomic mass is 35.5. The number of unbranched alkanes of at least 4 members (excludes halogenated alkanes) is 1. The Morgan fingerprint density at radius 2 is 1.68 bits per heavy atom. The number of aryl methyl sites for hydroxylation is 3. The predicted molar refractivity (Wildman–Crippen MR) is 97.8 cm³/mol. The lowest BCUT2D eigenvalue weighted by molar-refractivity contribution is 0.835. The van der Waals surface area contributed by atoms with E-state index < -0.39 is 0 Å². The zero-order valence-electron chi connectivity index (χ0n) is 13.9. The molecule has 22 heavy (non-hydrogen) atoms. The lowest BCUT2D eigenvalue weighted by Crippen LogP contribution is -2.02. The van der Waals surface area contributed by atoms with Gasteiger partial charge in [-0.15, -0.1) is 0 Å². The Morgan fingerprint density at radius 3 is 2.36 bits per heavy atom. The van der Waals surface area contributed by atoms with Crippen LogP contribution in [-0.2, 0) is 0 Å². The maximum Gasteiger partial charge on any atom is 0.0677 e. The van der Waals surface area contributed by atoms with Crippen molar-refractivity contribution in [3.63, 3.8) is 0 Å². The summed E-state index contributed by atoms with van der Waals surface area (Å²) in [6, 6.07) is 12.5. The molecule has 0 amide bonds. The summed E-state index contributed by atoms with van der Waals surface area (Å²) in [5, 5.41) is 0.735. The summed E-state index contributed by atoms with van der Waals surface area (Å²) in [4.78, 5) is 4.93. The third-order valence-electron chi connectivity index (χ3n) is 4.03. The van der Waals surface area contributed by atoms with Gasteiger partial charge < -0.3 is 0 Å². The standard InChI is InChI=1S/C20H24ClN/c1-5-6-7-19(17-10-8-14(2)16(4)12-17)22-20-13-18(21)11-9-15(20)3/h8-13H,5-7H2,1-4H3. The van der Waals surface area contributed by atoms with E-state index in [-0.39, 0.29) is 0 Å². The molecule has 2 heteroatoms. The average Bonchev–Trinajstić information content (AvgIpc) is 2.50. The quantitative estimate of drug-likeness (QED) is 0.553. The van der Waals surface area contributed by atoms with Gasteiger partial charge in [-0.25, -0.2) is 0 Å². The summed E-state index contributed by atoms with van der Waals surface area (Å²) >= 11 is 6.13. The Kier molecular flexibility index (Phi) is 5.79. The third-order valence-corrected chi connectivity index (χ3v) is 4.27. The Labute approximate surface area is 139 Å². The van der Waals surface area contributed by atoms with E-state index in [4.69, 9.17) is 16.6 Å². The molecular formula is C20H24ClN. The van der Waals surface area contributed by atoms with Crippen molar-refractivity contribution in [3.8, 4) is 0 Å². The van der Waals surface area contributed by atoms with Crippen LogP contribution >= 0.6 is 11.6 Å². The van der Waals surface area contributed by atoms with Crippen LogP contribution in [0.2, 0.25) is 5.02 Å². The minimum atomic E-state index is 0.735. The molecule has 0 spiro atoms. The maximum absolute atomic E-state index is 6.13. The second-order valence-corrected chi connectivity index (χ2v) is 6.33. The van der Waals surface area contributed by atoms with Gasteiger partial charge >= 0.3 is 0 Å². The molecule has 0 N–H and O–H groups in total. The Hall–Kier alpha value is -1.60. The fourth-order valence-corrected chi connectivity index (χ4v) is 2.54. The monoisotopic (exact) mass is 313 g/mol. The van der Waals surface area contributed by atoms with Crippen LogP contribution in [0, 0.1) is 20.8 Å². The van der Waals surface area contributed by atoms with Gasteiger partial charge in [0.25, 0.3) is 0 Å². The van der Waals surface area contributed by atoms with Crippen molar-refractivity contribution in [2.24, 2.45) is 4.99 Å². The molecule has 0 aliphatic heterocycles. The highest BCUT2D eigenvalue weighted by Gasteiger charge is 2.07. The lowest BCUT2D eigenvalue weighted by Gasteiger charge is -2.10. The van der Waals surface area contributed by atoms with Crippen molar-refractivity contribution in [2.75, 3.05) is 0 Å². The molecule has 2 rings (SSSR count). The van der Waals surface area contributed by atoms with Gasteiger partial charge in [0.1, 0.15) is 0 Å². The maximum atomic E-state index is 6.13. The SMILES string of the molecule is CCCCC(=Nc1cc(Cl)ccc1C)c1ccc(C)c(C)c1. The van der Waals surface area contributed by atoms with Crippen LogP contribution < -0.4 is 0 Å². The third kappa shape index (κ3) is 4.20. The van der Waals surface area contributed by atoms with E-state index in [1.54, 1.807) is 0 Å². The van der Waals surface area contributed by atoms with Crippen molar-refractivity contribution in [1.82, 2.24) is 0 Å². The van der Waals surface area contributed by atoms with E-state index in [0.717, 1.165) is 34.8 Å². The molecule has 2 aromatic rings. The van der Waals surface area contributed by atoms with Crippen molar-refractivity contribution in [2.45, 2.75) is 47.0 Å². The molecule has 0 saturated carbocycles. The molecule has 0 fully saturated rings. The van der Waals surface area contributed by atoms with Crippen LogP contribution in [0.4, 0.5) is 5.69 Å². The minimum Gasteiger partial charge on any atom is -0.253 e. The van der Waals surface area contributed by atoms with Crippen LogP contribution in [0.15, 0.2) is 41.4 Å². The van der Waals surface area contributed by atoms with E-state index in [9.17, 15) is 0 Å². The van der Waals surface area contributed by atoms with Gasteiger partial charge in [0, 0.05) is 10.7 Å². The fraction of sp³-hybridized carbons (Fsp3) is 0.350. The summed E-state index contributed by atoms with van der Waals surface area (Å²) in [5.41, 5.74) is 7.12. The zero-order chi connectivity index (χ0) is 16.1. The highest BCUT2D eigenvalue weighted by Crippen LogP contribution is 2.25. The van der Waals surface area contributed by atoms with E-state index in [2.05, 4.69) is 45.9 Å². The number of benzene rings is 2. The first-order chi connectivity index (χ1) is 10.5. The predicted octanol–water partition coefficient (Wildman–Crippen LogP) is 6.58. The van der Waals surface area contributed by atoms with Gasteiger partial charge in [-0.1, -0.05) is 43.1 Å². The van der Waals surface area contributed by atoms with Crippen molar-refractivity contribution >= 4 is 23.0 Å². The number of hydrogen-bond donors (Lipinski definition) is 0. The van der Waals surface area contributed by atoms with E-state index >= 15 is 0 Å². The van der Waals surface area contributed by atoms with Gasteiger partial charge in [-0.2, -0.15) is 0 Å². The molecule has 0 atom stereocenters. The van der Waals surface area contributed by atoms with E-state index in [1.807, 2.05) is 18.2 Å². The smallest absolute Gasteiger partial charge is 0.0677 e. The Balaban J connectivity index is 2.46. The molecule has 2 aromatic carbocycles. The topological polar surface area (TPSA) is 12.4 Å². The van der Waals surface area contributed by atoms with Gasteiger partial charge in [0.05, 0.1) is 5.69 Å². The highest BCUT2D eigenvalue weighted by molar-refractivity contribution is 6.30. The number of aliphatic imine (C=N–C) groups is 1. The van der Waals surface area contributed by atoms with Crippen molar-refractivity contribution in [1.29, 1.82) is 0 Å². The summed E-state index contributed by atoms with van der Waals surface area (Å²) in [6.45, 7) is 8.58. The number of nitrogens with zero attached hydrogens (tertiary/aromatic N) is 1. The molecule has 0 bridgehead atoms. The summed E-state index contributed by atoms with van der Waals surface area (Å²) < 4.78 is 0. The molecule has 0 saturated heterocycles. The van der Waals surface area contributed by atoms with Crippen LogP contribution in [-0.4, -0.2) is 5.71 Å². The molecular weight excluding hydrogens is 290 g/mol. The first kappa shape index (κ1) is 16.8. The summed E-state index contributed by atoms with van der Waals surface area (Å²) in [7, 11) is 0. The zero-order valence-corrected chi connectivity index (χ0v) is 14.7. The summed E-state index contributed by atoms with van der Waals surface area (Å²) in [6.07, 6.45) is 3.30. The molecule has 0 aliphatic rings. The van der Waals surface area contributed by atoms with Crippen LogP contribution in [0.5, 0.6) is 0 Å². The first-order valence-electron chi connectivity index (χ1n) is 7.92. The van der Waals surface area contributed by atoms with Gasteiger partial charge in [-0.05, 0) is 74.1 Å². The van der Waals surface area contributed by atoms with E-state index in [1.165, 1.54) is 23.1 Å². The molecule has 0 aliphatic carbocycles. The lowest BCUT2D eigenvalue weighted by atomic mass is 9.99. The average molecular weight is 314 g/mol. The first-order valence-corrected chi connectivity index (χ1v) is 8.30. The Bertz CT molecular complexity index is 686.